The number of carbonyl (C=O) groups excluding carboxylic acids is 2. The summed E-state index contributed by atoms with van der Waals surface area (Å²) in [7, 11) is 0. The first-order valence-electron chi connectivity index (χ1n) is 9.97. The molecule has 0 aliphatic carbocycles. The van der Waals surface area contributed by atoms with Crippen molar-refractivity contribution < 1.29 is 9.59 Å². The van der Waals surface area contributed by atoms with E-state index in [0.29, 0.717) is 22.0 Å². The first-order chi connectivity index (χ1) is 14.7. The van der Waals surface area contributed by atoms with E-state index in [2.05, 4.69) is 31.4 Å². The highest BCUT2D eigenvalue weighted by Crippen LogP contribution is 2.22. The van der Waals surface area contributed by atoms with Gasteiger partial charge in [0.05, 0.1) is 0 Å². The Hall–Kier alpha value is -3.37. The van der Waals surface area contributed by atoms with Gasteiger partial charge in [-0.2, -0.15) is 0 Å². The van der Waals surface area contributed by atoms with Gasteiger partial charge < -0.3 is 10.6 Å². The number of anilines is 2. The number of amides is 2. The summed E-state index contributed by atoms with van der Waals surface area (Å²) in [4.78, 5) is 24.6. The van der Waals surface area contributed by atoms with Crippen LogP contribution in [-0.4, -0.2) is 11.8 Å². The number of nitrogens with one attached hydrogen (secondary N) is 2. The summed E-state index contributed by atoms with van der Waals surface area (Å²) in [6.45, 7) is 6.40. The minimum Gasteiger partial charge on any atom is -0.323 e. The number of halogens is 1. The molecule has 5 heteroatoms. The first kappa shape index (κ1) is 22.3. The molecule has 0 bridgehead atoms. The standard InChI is InChI=1S/C26H25ClN2O2/c1-26(2,3)20-9-7-19(8-10-20)25(31)29-23-15-13-22(14-16-23)28-24(30)17-6-18-4-11-21(27)12-5-18/h4-17H,1-3H3,(H,28,30)(H,29,31). The molecule has 0 heterocycles. The van der Waals surface area contributed by atoms with Crippen molar-refractivity contribution >= 4 is 40.9 Å². The molecular weight excluding hydrogens is 408 g/mol. The van der Waals surface area contributed by atoms with Crippen LogP contribution in [0.15, 0.2) is 78.9 Å². The highest BCUT2D eigenvalue weighted by atomic mass is 35.5. The van der Waals surface area contributed by atoms with Crippen molar-refractivity contribution in [2.45, 2.75) is 26.2 Å². The fourth-order valence-corrected chi connectivity index (χ4v) is 3.02. The number of hydrogen-bond donors (Lipinski definition) is 2. The molecule has 3 rings (SSSR count). The molecule has 0 radical (unpaired) electrons. The van der Waals surface area contributed by atoms with Crippen LogP contribution >= 0.6 is 11.6 Å². The van der Waals surface area contributed by atoms with Gasteiger partial charge in [0.1, 0.15) is 0 Å². The van der Waals surface area contributed by atoms with Crippen LogP contribution in [-0.2, 0) is 10.2 Å². The maximum Gasteiger partial charge on any atom is 0.255 e. The summed E-state index contributed by atoms with van der Waals surface area (Å²) in [6, 6.07) is 21.8. The Bertz CT molecular complexity index is 1080. The number of benzene rings is 3. The average Bonchev–Trinajstić information content (AvgIpc) is 2.74. The molecule has 2 N–H and O–H groups in total. The van der Waals surface area contributed by atoms with E-state index < -0.39 is 0 Å². The van der Waals surface area contributed by atoms with Crippen LogP contribution in [0.25, 0.3) is 6.08 Å². The lowest BCUT2D eigenvalue weighted by Gasteiger charge is -2.19. The van der Waals surface area contributed by atoms with Crippen molar-refractivity contribution in [3.63, 3.8) is 0 Å². The van der Waals surface area contributed by atoms with E-state index in [0.717, 1.165) is 5.56 Å². The maximum absolute atomic E-state index is 12.5. The van der Waals surface area contributed by atoms with E-state index >= 15 is 0 Å². The second-order valence-electron chi connectivity index (χ2n) is 8.23. The molecule has 0 atom stereocenters. The van der Waals surface area contributed by atoms with E-state index in [-0.39, 0.29) is 17.2 Å². The molecule has 0 spiro atoms. The molecule has 158 valence electrons. The number of hydrogen-bond acceptors (Lipinski definition) is 2. The van der Waals surface area contributed by atoms with Gasteiger partial charge in [0.15, 0.2) is 0 Å². The van der Waals surface area contributed by atoms with Crippen molar-refractivity contribution in [2.24, 2.45) is 0 Å². The predicted octanol–water partition coefficient (Wildman–Crippen LogP) is 6.54. The van der Waals surface area contributed by atoms with Crippen molar-refractivity contribution in [3.05, 3.63) is 101 Å². The zero-order valence-corrected chi connectivity index (χ0v) is 18.5. The molecule has 3 aromatic carbocycles. The van der Waals surface area contributed by atoms with Crippen LogP contribution in [0.5, 0.6) is 0 Å². The van der Waals surface area contributed by atoms with Gasteiger partial charge >= 0.3 is 0 Å². The van der Waals surface area contributed by atoms with Crippen LogP contribution < -0.4 is 10.6 Å². The summed E-state index contributed by atoms with van der Waals surface area (Å²) >= 11 is 5.85. The monoisotopic (exact) mass is 432 g/mol. The van der Waals surface area contributed by atoms with E-state index in [1.54, 1.807) is 42.5 Å². The van der Waals surface area contributed by atoms with Crippen molar-refractivity contribution in [3.8, 4) is 0 Å². The minimum absolute atomic E-state index is 0.0409. The van der Waals surface area contributed by atoms with E-state index in [9.17, 15) is 9.59 Å². The van der Waals surface area contributed by atoms with E-state index in [4.69, 9.17) is 11.6 Å². The Labute approximate surface area is 188 Å². The van der Waals surface area contributed by atoms with Gasteiger partial charge in [0.2, 0.25) is 5.91 Å². The average molecular weight is 433 g/mol. The Morgan fingerprint density at radius 1 is 0.774 bits per heavy atom. The zero-order chi connectivity index (χ0) is 22.4. The van der Waals surface area contributed by atoms with Crippen LogP contribution in [0.2, 0.25) is 5.02 Å². The van der Waals surface area contributed by atoms with Gasteiger partial charge in [-0.15, -0.1) is 0 Å². The number of rotatable bonds is 5. The van der Waals surface area contributed by atoms with Crippen molar-refractivity contribution in [1.29, 1.82) is 0 Å². The third kappa shape index (κ3) is 6.56. The number of carbonyl (C=O) groups is 2. The van der Waals surface area contributed by atoms with E-state index in [1.165, 1.54) is 11.6 Å². The quantitative estimate of drug-likeness (QED) is 0.449. The van der Waals surface area contributed by atoms with Crippen molar-refractivity contribution in [2.75, 3.05) is 10.6 Å². The summed E-state index contributed by atoms with van der Waals surface area (Å²) < 4.78 is 0. The molecule has 0 saturated carbocycles. The third-order valence-electron chi connectivity index (χ3n) is 4.72. The highest BCUT2D eigenvalue weighted by molar-refractivity contribution is 6.30. The predicted molar refractivity (Wildman–Crippen MR) is 129 cm³/mol. The highest BCUT2D eigenvalue weighted by Gasteiger charge is 2.14. The Morgan fingerprint density at radius 2 is 1.32 bits per heavy atom. The zero-order valence-electron chi connectivity index (χ0n) is 17.8. The van der Waals surface area contributed by atoms with Crippen LogP contribution in [0.3, 0.4) is 0 Å². The summed E-state index contributed by atoms with van der Waals surface area (Å²) in [5.41, 5.74) is 3.98. The van der Waals surface area contributed by atoms with Crippen LogP contribution in [0.4, 0.5) is 11.4 Å². The SMILES string of the molecule is CC(C)(C)c1ccc(C(=O)Nc2ccc(NC(=O)C=Cc3ccc(Cl)cc3)cc2)cc1. The molecule has 0 aliphatic heterocycles. The summed E-state index contributed by atoms with van der Waals surface area (Å²) in [6.07, 6.45) is 3.17. The van der Waals surface area contributed by atoms with Gasteiger partial charge in [-0.05, 0) is 71.1 Å². The fraction of sp³-hybridized carbons (Fsp3) is 0.154. The molecular formula is C26H25ClN2O2. The lowest BCUT2D eigenvalue weighted by molar-refractivity contribution is -0.111. The summed E-state index contributed by atoms with van der Waals surface area (Å²) in [5.74, 6) is -0.422. The normalized spacial score (nSPS) is 11.4. The molecule has 0 saturated heterocycles. The fourth-order valence-electron chi connectivity index (χ4n) is 2.89. The Morgan fingerprint density at radius 3 is 1.87 bits per heavy atom. The van der Waals surface area contributed by atoms with Crippen LogP contribution in [0, 0.1) is 0 Å². The summed E-state index contributed by atoms with van der Waals surface area (Å²) in [5, 5.41) is 6.31. The first-order valence-corrected chi connectivity index (χ1v) is 10.3. The molecule has 0 unspecified atom stereocenters. The molecule has 3 aromatic rings. The lowest BCUT2D eigenvalue weighted by atomic mass is 9.87. The molecule has 0 fully saturated rings. The smallest absolute Gasteiger partial charge is 0.255 e. The second-order valence-corrected chi connectivity index (χ2v) is 8.67. The van der Waals surface area contributed by atoms with Crippen LogP contribution in [0.1, 0.15) is 42.3 Å². The molecule has 4 nitrogen and oxygen atoms in total. The van der Waals surface area contributed by atoms with Gasteiger partial charge in [-0.3, -0.25) is 9.59 Å². The lowest BCUT2D eigenvalue weighted by Crippen LogP contribution is -2.14. The molecule has 0 aromatic heterocycles. The second kappa shape index (κ2) is 9.63. The molecule has 31 heavy (non-hydrogen) atoms. The Kier molecular flexibility index (Phi) is 6.93. The minimum atomic E-state index is -0.245. The van der Waals surface area contributed by atoms with Gasteiger partial charge in [-0.1, -0.05) is 56.6 Å². The van der Waals surface area contributed by atoms with E-state index in [1.807, 2.05) is 36.4 Å². The Balaban J connectivity index is 1.56. The molecule has 0 aliphatic rings. The van der Waals surface area contributed by atoms with Crippen molar-refractivity contribution in [1.82, 2.24) is 0 Å². The largest absolute Gasteiger partial charge is 0.323 e. The van der Waals surface area contributed by atoms with Gasteiger partial charge in [0, 0.05) is 28.0 Å². The van der Waals surface area contributed by atoms with Gasteiger partial charge in [0.25, 0.3) is 5.91 Å². The topological polar surface area (TPSA) is 58.2 Å². The maximum atomic E-state index is 12.5. The van der Waals surface area contributed by atoms with Gasteiger partial charge in [-0.25, -0.2) is 0 Å². The molecule has 2 amide bonds. The third-order valence-corrected chi connectivity index (χ3v) is 4.97.